The lowest BCUT2D eigenvalue weighted by molar-refractivity contribution is -0.384. The van der Waals surface area contributed by atoms with Gasteiger partial charge in [-0.2, -0.15) is 4.98 Å². The molecule has 0 bridgehead atoms. The molecule has 0 aliphatic heterocycles. The number of hydrogen-bond donors (Lipinski definition) is 1. The van der Waals surface area contributed by atoms with Crippen LogP contribution in [0.15, 0.2) is 36.4 Å². The maximum Gasteiger partial charge on any atom is 0.311 e. The molecule has 2 aromatic rings. The summed E-state index contributed by atoms with van der Waals surface area (Å²) >= 11 is 0. The molecule has 0 saturated heterocycles. The number of methoxy groups -OCH3 is 2. The molecule has 0 unspecified atom stereocenters. The minimum atomic E-state index is -0.502. The van der Waals surface area contributed by atoms with E-state index in [-0.39, 0.29) is 11.5 Å². The fraction of sp³-hybridized carbons (Fsp3) is 0.154. The summed E-state index contributed by atoms with van der Waals surface area (Å²) in [5.41, 5.74) is 0.538. The van der Waals surface area contributed by atoms with E-state index in [0.29, 0.717) is 17.3 Å². The Morgan fingerprint density at radius 2 is 1.80 bits per heavy atom. The van der Waals surface area contributed by atoms with Gasteiger partial charge in [-0.3, -0.25) is 10.1 Å². The van der Waals surface area contributed by atoms with Gasteiger partial charge in [0, 0.05) is 17.8 Å². The summed E-state index contributed by atoms with van der Waals surface area (Å²) < 4.78 is 10.0. The second-order valence-corrected chi connectivity index (χ2v) is 3.83. The third-order valence-corrected chi connectivity index (χ3v) is 2.61. The first-order valence-corrected chi connectivity index (χ1v) is 5.74. The van der Waals surface area contributed by atoms with Crippen LogP contribution in [0.3, 0.4) is 0 Å². The lowest BCUT2D eigenvalue weighted by Crippen LogP contribution is -2.01. The van der Waals surface area contributed by atoms with E-state index in [9.17, 15) is 10.1 Å². The van der Waals surface area contributed by atoms with Crippen molar-refractivity contribution in [1.82, 2.24) is 4.98 Å². The zero-order valence-electron chi connectivity index (χ0n) is 11.0. The molecule has 0 fully saturated rings. The topological polar surface area (TPSA) is 86.5 Å². The van der Waals surface area contributed by atoms with Crippen molar-refractivity contribution in [2.45, 2.75) is 0 Å². The minimum Gasteiger partial charge on any atom is -0.497 e. The second kappa shape index (κ2) is 5.87. The predicted octanol–water partition coefficient (Wildman–Crippen LogP) is 2.75. The molecule has 0 aliphatic carbocycles. The van der Waals surface area contributed by atoms with Crippen molar-refractivity contribution in [3.63, 3.8) is 0 Å². The van der Waals surface area contributed by atoms with Gasteiger partial charge in [-0.1, -0.05) is 0 Å². The number of ether oxygens (including phenoxy) is 2. The van der Waals surface area contributed by atoms with Crippen LogP contribution in [-0.2, 0) is 0 Å². The Labute approximate surface area is 115 Å². The molecule has 1 aromatic heterocycles. The summed E-state index contributed by atoms with van der Waals surface area (Å²) in [6.45, 7) is 0. The Balaban J connectivity index is 2.32. The SMILES string of the molecule is COc1ccc(Nc2nc(OC)ccc2[N+](=O)[O-])cc1. The van der Waals surface area contributed by atoms with Crippen molar-refractivity contribution < 1.29 is 14.4 Å². The van der Waals surface area contributed by atoms with Crippen LogP contribution < -0.4 is 14.8 Å². The molecule has 0 radical (unpaired) electrons. The Hall–Kier alpha value is -2.83. The summed E-state index contributed by atoms with van der Waals surface area (Å²) in [6, 6.07) is 9.76. The fourth-order valence-electron chi connectivity index (χ4n) is 1.60. The third-order valence-electron chi connectivity index (χ3n) is 2.61. The largest absolute Gasteiger partial charge is 0.497 e. The summed E-state index contributed by atoms with van der Waals surface area (Å²) in [5.74, 6) is 1.12. The number of benzene rings is 1. The van der Waals surface area contributed by atoms with Crippen LogP contribution in [0.4, 0.5) is 17.2 Å². The summed E-state index contributed by atoms with van der Waals surface area (Å²) in [4.78, 5) is 14.5. The number of nitrogens with one attached hydrogen (secondary N) is 1. The Kier molecular flexibility index (Phi) is 3.99. The number of rotatable bonds is 5. The molecule has 0 aliphatic rings. The van der Waals surface area contributed by atoms with Crippen molar-refractivity contribution in [2.24, 2.45) is 0 Å². The average molecular weight is 275 g/mol. The molecule has 0 atom stereocenters. The van der Waals surface area contributed by atoms with Gasteiger partial charge in [0.05, 0.1) is 19.1 Å². The second-order valence-electron chi connectivity index (χ2n) is 3.83. The van der Waals surface area contributed by atoms with E-state index in [0.717, 1.165) is 0 Å². The van der Waals surface area contributed by atoms with E-state index < -0.39 is 4.92 Å². The van der Waals surface area contributed by atoms with Crippen molar-refractivity contribution >= 4 is 17.2 Å². The highest BCUT2D eigenvalue weighted by atomic mass is 16.6. The zero-order chi connectivity index (χ0) is 14.5. The van der Waals surface area contributed by atoms with E-state index in [1.54, 1.807) is 31.4 Å². The number of nitro groups is 1. The van der Waals surface area contributed by atoms with Crippen LogP contribution in [0.5, 0.6) is 11.6 Å². The Bertz CT molecular complexity index is 614. The lowest BCUT2D eigenvalue weighted by atomic mass is 10.3. The van der Waals surface area contributed by atoms with Gasteiger partial charge in [0.2, 0.25) is 11.7 Å². The minimum absolute atomic E-state index is 0.124. The van der Waals surface area contributed by atoms with Crippen LogP contribution in [0, 0.1) is 10.1 Å². The molecule has 0 saturated carbocycles. The van der Waals surface area contributed by atoms with Crippen LogP contribution >= 0.6 is 0 Å². The van der Waals surface area contributed by atoms with Crippen molar-refractivity contribution in [2.75, 3.05) is 19.5 Å². The monoisotopic (exact) mass is 275 g/mol. The Morgan fingerprint density at radius 3 is 2.35 bits per heavy atom. The molecule has 20 heavy (non-hydrogen) atoms. The molecular formula is C13H13N3O4. The van der Waals surface area contributed by atoms with E-state index in [1.165, 1.54) is 19.2 Å². The number of nitrogens with zero attached hydrogens (tertiary/aromatic N) is 2. The number of anilines is 2. The smallest absolute Gasteiger partial charge is 0.311 e. The highest BCUT2D eigenvalue weighted by Crippen LogP contribution is 2.28. The van der Waals surface area contributed by atoms with Gasteiger partial charge in [0.1, 0.15) is 5.75 Å². The molecule has 7 nitrogen and oxygen atoms in total. The number of aromatic nitrogens is 1. The quantitative estimate of drug-likeness (QED) is 0.667. The zero-order valence-corrected chi connectivity index (χ0v) is 11.0. The molecule has 0 spiro atoms. The van der Waals surface area contributed by atoms with Gasteiger partial charge in [-0.15, -0.1) is 0 Å². The van der Waals surface area contributed by atoms with Gasteiger partial charge in [0.15, 0.2) is 0 Å². The standard InChI is InChI=1S/C13H13N3O4/c1-19-10-5-3-9(4-6-10)14-13-11(16(17)18)7-8-12(15-13)20-2/h3-8H,1-2H3,(H,14,15). The first kappa shape index (κ1) is 13.6. The maximum atomic E-state index is 11.0. The van der Waals surface area contributed by atoms with Gasteiger partial charge in [-0.25, -0.2) is 0 Å². The number of hydrogen-bond acceptors (Lipinski definition) is 6. The van der Waals surface area contributed by atoms with Crippen LogP contribution in [0.25, 0.3) is 0 Å². The van der Waals surface area contributed by atoms with E-state index in [2.05, 4.69) is 10.3 Å². The van der Waals surface area contributed by atoms with E-state index in [1.807, 2.05) is 0 Å². The van der Waals surface area contributed by atoms with Gasteiger partial charge < -0.3 is 14.8 Å². The van der Waals surface area contributed by atoms with Gasteiger partial charge >= 0.3 is 5.69 Å². The molecule has 2 rings (SSSR count). The molecule has 1 aromatic carbocycles. The summed E-state index contributed by atoms with van der Waals surface area (Å²) in [5, 5.41) is 13.9. The first-order chi connectivity index (χ1) is 9.63. The van der Waals surface area contributed by atoms with Gasteiger partial charge in [0.25, 0.3) is 0 Å². The van der Waals surface area contributed by atoms with Crippen LogP contribution in [0.2, 0.25) is 0 Å². The average Bonchev–Trinajstić information content (AvgIpc) is 2.47. The van der Waals surface area contributed by atoms with E-state index >= 15 is 0 Å². The molecule has 0 amide bonds. The van der Waals surface area contributed by atoms with E-state index in [4.69, 9.17) is 9.47 Å². The van der Waals surface area contributed by atoms with Crippen molar-refractivity contribution in [3.05, 3.63) is 46.5 Å². The third kappa shape index (κ3) is 2.94. The fourth-order valence-corrected chi connectivity index (χ4v) is 1.60. The Morgan fingerprint density at radius 1 is 1.10 bits per heavy atom. The van der Waals surface area contributed by atoms with Crippen molar-refractivity contribution in [3.8, 4) is 11.6 Å². The highest BCUT2D eigenvalue weighted by Gasteiger charge is 2.16. The molecule has 7 heteroatoms. The number of pyridine rings is 1. The van der Waals surface area contributed by atoms with Gasteiger partial charge in [-0.05, 0) is 24.3 Å². The highest BCUT2D eigenvalue weighted by molar-refractivity contribution is 5.66. The molecule has 1 heterocycles. The molecule has 1 N–H and O–H groups in total. The van der Waals surface area contributed by atoms with Crippen molar-refractivity contribution in [1.29, 1.82) is 0 Å². The first-order valence-electron chi connectivity index (χ1n) is 5.74. The predicted molar refractivity (Wildman–Crippen MR) is 73.7 cm³/mol. The molecular weight excluding hydrogens is 262 g/mol. The van der Waals surface area contributed by atoms with Crippen LogP contribution in [-0.4, -0.2) is 24.1 Å². The summed E-state index contributed by atoms with van der Waals surface area (Å²) in [7, 11) is 3.02. The summed E-state index contributed by atoms with van der Waals surface area (Å²) in [6.07, 6.45) is 0. The maximum absolute atomic E-state index is 11.0. The normalized spacial score (nSPS) is 9.90. The molecule has 104 valence electrons. The van der Waals surface area contributed by atoms with Crippen LogP contribution in [0.1, 0.15) is 0 Å². The lowest BCUT2D eigenvalue weighted by Gasteiger charge is -2.08.